The van der Waals surface area contributed by atoms with Crippen molar-refractivity contribution in [2.75, 3.05) is 11.4 Å². The highest BCUT2D eigenvalue weighted by atomic mass is 16.4. The monoisotopic (exact) mass is 207 g/mol. The molecule has 0 atom stereocenters. The second-order valence-corrected chi connectivity index (χ2v) is 3.71. The van der Waals surface area contributed by atoms with Gasteiger partial charge >= 0.3 is 5.97 Å². The van der Waals surface area contributed by atoms with Crippen molar-refractivity contribution in [2.45, 2.75) is 25.8 Å². The van der Waals surface area contributed by atoms with E-state index in [0.29, 0.717) is 17.7 Å². The molecule has 1 aromatic rings. The van der Waals surface area contributed by atoms with Crippen LogP contribution in [-0.2, 0) is 4.79 Å². The molecule has 15 heavy (non-hydrogen) atoms. The number of anilines is 1. The van der Waals surface area contributed by atoms with E-state index in [1.165, 1.54) is 0 Å². The van der Waals surface area contributed by atoms with Crippen molar-refractivity contribution in [1.82, 2.24) is 9.97 Å². The van der Waals surface area contributed by atoms with Crippen molar-refractivity contribution < 1.29 is 9.90 Å². The van der Waals surface area contributed by atoms with Crippen LogP contribution in [-0.4, -0.2) is 33.6 Å². The van der Waals surface area contributed by atoms with E-state index < -0.39 is 5.97 Å². The zero-order chi connectivity index (χ0) is 10.8. The molecule has 1 fully saturated rings. The van der Waals surface area contributed by atoms with Crippen LogP contribution in [0.3, 0.4) is 0 Å². The van der Waals surface area contributed by atoms with Gasteiger partial charge in [-0.25, -0.2) is 9.97 Å². The number of nitrogens with zero attached hydrogens (tertiary/aromatic N) is 3. The number of rotatable bonds is 4. The Hall–Kier alpha value is -1.65. The molecule has 80 valence electrons. The van der Waals surface area contributed by atoms with E-state index in [1.807, 2.05) is 4.90 Å². The smallest absolute Gasteiger partial charge is 0.323 e. The minimum Gasteiger partial charge on any atom is -0.480 e. The molecule has 0 saturated heterocycles. The van der Waals surface area contributed by atoms with Gasteiger partial charge in [0.2, 0.25) is 0 Å². The van der Waals surface area contributed by atoms with Crippen LogP contribution in [0.15, 0.2) is 12.3 Å². The molecule has 1 aliphatic rings. The van der Waals surface area contributed by atoms with Crippen molar-refractivity contribution in [2.24, 2.45) is 0 Å². The summed E-state index contributed by atoms with van der Waals surface area (Å²) in [5.41, 5.74) is 0. The lowest BCUT2D eigenvalue weighted by Gasteiger charge is -2.21. The van der Waals surface area contributed by atoms with Gasteiger partial charge in [-0.15, -0.1) is 0 Å². The molecule has 5 nitrogen and oxygen atoms in total. The van der Waals surface area contributed by atoms with Crippen LogP contribution in [0.5, 0.6) is 0 Å². The molecule has 0 bridgehead atoms. The molecule has 1 heterocycles. The summed E-state index contributed by atoms with van der Waals surface area (Å²) >= 11 is 0. The van der Waals surface area contributed by atoms with Gasteiger partial charge in [-0.2, -0.15) is 0 Å². The number of carbonyl (C=O) groups is 1. The third kappa shape index (κ3) is 2.43. The lowest BCUT2D eigenvalue weighted by Crippen LogP contribution is -2.32. The van der Waals surface area contributed by atoms with Crippen LogP contribution in [0, 0.1) is 6.92 Å². The molecular formula is C10H13N3O2. The van der Waals surface area contributed by atoms with Crippen molar-refractivity contribution in [3.8, 4) is 0 Å². The van der Waals surface area contributed by atoms with Crippen molar-refractivity contribution in [3.63, 3.8) is 0 Å². The van der Waals surface area contributed by atoms with E-state index in [2.05, 4.69) is 9.97 Å². The number of carboxylic acid groups (broad SMARTS) is 1. The maximum atomic E-state index is 10.7. The molecule has 0 amide bonds. The molecule has 0 unspecified atom stereocenters. The molecule has 0 radical (unpaired) electrons. The Balaban J connectivity index is 2.19. The molecule has 0 aliphatic heterocycles. The first-order chi connectivity index (χ1) is 7.16. The van der Waals surface area contributed by atoms with E-state index in [1.54, 1.807) is 19.2 Å². The van der Waals surface area contributed by atoms with E-state index >= 15 is 0 Å². The fourth-order valence-electron chi connectivity index (χ4n) is 1.53. The zero-order valence-corrected chi connectivity index (χ0v) is 8.55. The summed E-state index contributed by atoms with van der Waals surface area (Å²) in [5.74, 6) is 0.564. The Morgan fingerprint density at radius 3 is 2.93 bits per heavy atom. The molecule has 2 rings (SSSR count). The largest absolute Gasteiger partial charge is 0.480 e. The normalized spacial score (nSPS) is 15.0. The molecule has 0 aromatic carbocycles. The van der Waals surface area contributed by atoms with E-state index in [4.69, 9.17) is 5.11 Å². The molecule has 1 N–H and O–H groups in total. The Morgan fingerprint density at radius 1 is 1.67 bits per heavy atom. The lowest BCUT2D eigenvalue weighted by atomic mass is 10.4. The van der Waals surface area contributed by atoms with Crippen molar-refractivity contribution >= 4 is 11.8 Å². The first-order valence-corrected chi connectivity index (χ1v) is 4.95. The van der Waals surface area contributed by atoms with Gasteiger partial charge in [0.05, 0.1) is 0 Å². The van der Waals surface area contributed by atoms with Crippen molar-refractivity contribution in [1.29, 1.82) is 0 Å². The van der Waals surface area contributed by atoms with Crippen molar-refractivity contribution in [3.05, 3.63) is 18.1 Å². The quantitative estimate of drug-likeness (QED) is 0.792. The summed E-state index contributed by atoms with van der Waals surface area (Å²) in [4.78, 5) is 20.8. The van der Waals surface area contributed by atoms with Crippen LogP contribution >= 0.6 is 0 Å². The van der Waals surface area contributed by atoms with Gasteiger partial charge in [0, 0.05) is 12.2 Å². The maximum absolute atomic E-state index is 10.7. The zero-order valence-electron chi connectivity index (χ0n) is 8.55. The summed E-state index contributed by atoms with van der Waals surface area (Å²) < 4.78 is 0. The number of aromatic nitrogens is 2. The van der Waals surface area contributed by atoms with Crippen LogP contribution in [0.1, 0.15) is 18.7 Å². The first kappa shape index (κ1) is 9.89. The highest BCUT2D eigenvalue weighted by Gasteiger charge is 2.31. The summed E-state index contributed by atoms with van der Waals surface area (Å²) in [5, 5.41) is 8.81. The third-order valence-electron chi connectivity index (χ3n) is 2.35. The summed E-state index contributed by atoms with van der Waals surface area (Å²) in [7, 11) is 0. The molecule has 1 aliphatic carbocycles. The minimum atomic E-state index is -0.821. The van der Waals surface area contributed by atoms with Gasteiger partial charge in [-0.3, -0.25) is 4.79 Å². The van der Waals surface area contributed by atoms with Gasteiger partial charge in [-0.05, 0) is 25.8 Å². The summed E-state index contributed by atoms with van der Waals surface area (Å²) in [6.07, 6.45) is 3.77. The second kappa shape index (κ2) is 3.84. The van der Waals surface area contributed by atoms with Crippen LogP contribution in [0.25, 0.3) is 0 Å². The average molecular weight is 207 g/mol. The Labute approximate surface area is 87.8 Å². The predicted octanol–water partition coefficient (Wildman–Crippen LogP) is 0.838. The molecule has 1 aromatic heterocycles. The Kier molecular flexibility index (Phi) is 2.53. The topological polar surface area (TPSA) is 66.3 Å². The Bertz CT molecular complexity index is 377. The first-order valence-electron chi connectivity index (χ1n) is 4.95. The van der Waals surface area contributed by atoms with Gasteiger partial charge in [0.25, 0.3) is 0 Å². The van der Waals surface area contributed by atoms with Gasteiger partial charge in [0.15, 0.2) is 0 Å². The second-order valence-electron chi connectivity index (χ2n) is 3.71. The van der Waals surface area contributed by atoms with E-state index in [9.17, 15) is 4.79 Å². The fraction of sp³-hybridized carbons (Fsp3) is 0.500. The van der Waals surface area contributed by atoms with E-state index in [-0.39, 0.29) is 6.54 Å². The van der Waals surface area contributed by atoms with Crippen LogP contribution < -0.4 is 4.90 Å². The fourth-order valence-corrected chi connectivity index (χ4v) is 1.53. The average Bonchev–Trinajstić information content (AvgIpc) is 2.97. The van der Waals surface area contributed by atoms with Crippen LogP contribution in [0.4, 0.5) is 5.82 Å². The highest BCUT2D eigenvalue weighted by Crippen LogP contribution is 2.30. The number of aryl methyl sites for hydroxylation is 1. The standard InChI is InChI=1S/C10H13N3O2/c1-7-11-5-4-9(12-7)13(6-10(14)15)8-2-3-8/h4-5,8H,2-3,6H2,1H3,(H,14,15). The predicted molar refractivity (Wildman–Crippen MR) is 54.8 cm³/mol. The highest BCUT2D eigenvalue weighted by molar-refractivity contribution is 5.73. The minimum absolute atomic E-state index is 0.0150. The molecule has 5 heteroatoms. The number of aliphatic carboxylic acids is 1. The SMILES string of the molecule is Cc1nccc(N(CC(=O)O)C2CC2)n1. The third-order valence-corrected chi connectivity index (χ3v) is 2.35. The maximum Gasteiger partial charge on any atom is 0.323 e. The Morgan fingerprint density at radius 2 is 2.40 bits per heavy atom. The van der Waals surface area contributed by atoms with E-state index in [0.717, 1.165) is 12.8 Å². The molecule has 1 saturated carbocycles. The van der Waals surface area contributed by atoms with Crippen LogP contribution in [0.2, 0.25) is 0 Å². The van der Waals surface area contributed by atoms with Gasteiger partial charge < -0.3 is 10.0 Å². The summed E-state index contributed by atoms with van der Waals surface area (Å²) in [6.45, 7) is 1.82. The van der Waals surface area contributed by atoms with Gasteiger partial charge in [-0.1, -0.05) is 0 Å². The molecule has 0 spiro atoms. The number of carboxylic acids is 1. The molecular weight excluding hydrogens is 194 g/mol. The number of hydrogen-bond acceptors (Lipinski definition) is 4. The van der Waals surface area contributed by atoms with Gasteiger partial charge in [0.1, 0.15) is 18.2 Å². The summed E-state index contributed by atoms with van der Waals surface area (Å²) in [6, 6.07) is 2.10. The number of hydrogen-bond donors (Lipinski definition) is 1. The lowest BCUT2D eigenvalue weighted by molar-refractivity contribution is -0.135.